The summed E-state index contributed by atoms with van der Waals surface area (Å²) < 4.78 is 80.5. The molecule has 0 saturated carbocycles. The van der Waals surface area contributed by atoms with Crippen molar-refractivity contribution in [2.75, 3.05) is 0 Å². The first-order valence-corrected chi connectivity index (χ1v) is 5.84. The predicted molar refractivity (Wildman–Crippen MR) is 57.5 cm³/mol. The molecule has 2 aromatic rings. The summed E-state index contributed by atoms with van der Waals surface area (Å²) in [5.74, 6) is -0.912. The quantitative estimate of drug-likeness (QED) is 0.745. The summed E-state index contributed by atoms with van der Waals surface area (Å²) in [6.45, 7) is 0. The van der Waals surface area contributed by atoms with E-state index in [1.54, 1.807) is 0 Å². The zero-order chi connectivity index (χ0) is 15.0. The smallest absolute Gasteiger partial charge is 0.420 e. The molecule has 9 heteroatoms. The Kier molecular flexibility index (Phi) is 3.63. The van der Waals surface area contributed by atoms with E-state index >= 15 is 0 Å². The minimum atomic E-state index is -4.98. The molecule has 0 bridgehead atoms. The molecule has 107 valence electrons. The Hall–Kier alpha value is -1.77. The topological polar surface area (TPSA) is 22.1 Å². The monoisotopic (exact) mass is 312 g/mol. The van der Waals surface area contributed by atoms with Crippen molar-refractivity contribution in [2.24, 2.45) is 0 Å². The van der Waals surface area contributed by atoms with Crippen molar-refractivity contribution in [3.05, 3.63) is 40.2 Å². The summed E-state index contributed by atoms with van der Waals surface area (Å²) in [5, 5.41) is 1.28. The van der Waals surface area contributed by atoms with Gasteiger partial charge in [0.25, 0.3) is 0 Å². The van der Waals surface area contributed by atoms with Gasteiger partial charge in [-0.15, -0.1) is 11.3 Å². The van der Waals surface area contributed by atoms with E-state index in [2.05, 4.69) is 10.5 Å². The fraction of sp³-hybridized carbons (Fsp3) is 0.182. The molecule has 1 aromatic carbocycles. The molecule has 2 rings (SSSR count). The summed E-state index contributed by atoms with van der Waals surface area (Å²) in [7, 11) is 0. The zero-order valence-electron chi connectivity index (χ0n) is 9.34. The number of rotatable bonds is 2. The molecule has 0 N–H and O–H groups in total. The minimum Gasteiger partial charge on any atom is -0.437 e. The molecule has 0 spiro atoms. The number of ether oxygens (including phenoxy) is 1. The average molecular weight is 312 g/mol. The molecule has 0 atom stereocenters. The number of hydrogen-bond acceptors (Lipinski definition) is 3. The van der Waals surface area contributed by atoms with E-state index in [0.717, 1.165) is 11.3 Å². The maximum Gasteiger partial charge on any atom is 0.420 e. The lowest BCUT2D eigenvalue weighted by atomic mass is 10.1. The SMILES string of the molecule is FC(F)(F)c1ccc(Oc2cs[c]n2)c(C(F)(F)F)c1. The molecule has 1 heterocycles. The molecular formula is C11H4F6NOS. The highest BCUT2D eigenvalue weighted by Crippen LogP contribution is 2.41. The van der Waals surface area contributed by atoms with Gasteiger partial charge in [-0.1, -0.05) is 0 Å². The summed E-state index contributed by atoms with van der Waals surface area (Å²) in [6.07, 6.45) is -9.84. The van der Waals surface area contributed by atoms with E-state index in [9.17, 15) is 26.3 Å². The number of halogens is 6. The Bertz CT molecular complexity index is 590. The van der Waals surface area contributed by atoms with Crippen LogP contribution in [0.1, 0.15) is 11.1 Å². The highest BCUT2D eigenvalue weighted by molar-refractivity contribution is 7.07. The Labute approximate surface area is 112 Å². The fourth-order valence-corrected chi connectivity index (χ4v) is 1.75. The van der Waals surface area contributed by atoms with Gasteiger partial charge in [-0.3, -0.25) is 0 Å². The van der Waals surface area contributed by atoms with Crippen LogP contribution in [0.3, 0.4) is 0 Å². The molecule has 1 radical (unpaired) electrons. The van der Waals surface area contributed by atoms with Crippen molar-refractivity contribution >= 4 is 11.3 Å². The van der Waals surface area contributed by atoms with E-state index in [4.69, 9.17) is 4.74 Å². The van der Waals surface area contributed by atoms with Crippen LogP contribution in [0.15, 0.2) is 23.6 Å². The Morgan fingerprint density at radius 3 is 2.25 bits per heavy atom. The molecule has 20 heavy (non-hydrogen) atoms. The third-order valence-corrected chi connectivity index (χ3v) is 2.71. The van der Waals surface area contributed by atoms with Crippen LogP contribution in [0.5, 0.6) is 11.6 Å². The largest absolute Gasteiger partial charge is 0.437 e. The van der Waals surface area contributed by atoms with Crippen LogP contribution in [-0.2, 0) is 12.4 Å². The van der Waals surface area contributed by atoms with E-state index in [1.807, 2.05) is 0 Å². The second kappa shape index (κ2) is 4.97. The number of hydrogen-bond donors (Lipinski definition) is 0. The molecule has 2 nitrogen and oxygen atoms in total. The summed E-state index contributed by atoms with van der Waals surface area (Å²) in [6, 6.07) is 1.14. The van der Waals surface area contributed by atoms with Gasteiger partial charge in [-0.25, -0.2) is 0 Å². The van der Waals surface area contributed by atoms with Crippen LogP contribution in [0.25, 0.3) is 0 Å². The number of alkyl halides is 6. The Morgan fingerprint density at radius 2 is 1.75 bits per heavy atom. The van der Waals surface area contributed by atoms with E-state index < -0.39 is 29.2 Å². The lowest BCUT2D eigenvalue weighted by Gasteiger charge is -2.15. The summed E-state index contributed by atoms with van der Waals surface area (Å²) in [5.41, 5.74) is -0.565. The van der Waals surface area contributed by atoms with Crippen molar-refractivity contribution < 1.29 is 31.1 Å². The molecule has 0 fully saturated rings. The van der Waals surface area contributed by atoms with Crippen molar-refractivity contribution in [3.63, 3.8) is 0 Å². The van der Waals surface area contributed by atoms with Crippen LogP contribution in [-0.4, -0.2) is 4.98 Å². The van der Waals surface area contributed by atoms with Gasteiger partial charge >= 0.3 is 12.4 Å². The van der Waals surface area contributed by atoms with Gasteiger partial charge in [-0.2, -0.15) is 31.3 Å². The average Bonchev–Trinajstić information content (AvgIpc) is 2.79. The minimum absolute atomic E-state index is 0.00537. The van der Waals surface area contributed by atoms with Crippen LogP contribution >= 0.6 is 11.3 Å². The van der Waals surface area contributed by atoms with Crippen LogP contribution in [0.4, 0.5) is 26.3 Å². The highest BCUT2D eigenvalue weighted by Gasteiger charge is 2.39. The van der Waals surface area contributed by atoms with Gasteiger partial charge in [0.1, 0.15) is 5.75 Å². The Balaban J connectivity index is 2.46. The molecule has 1 aromatic heterocycles. The summed E-state index contributed by atoms with van der Waals surface area (Å²) in [4.78, 5) is 3.49. The first-order valence-electron chi connectivity index (χ1n) is 4.96. The Morgan fingerprint density at radius 1 is 1.05 bits per heavy atom. The maximum atomic E-state index is 12.8. The number of nitrogens with zero attached hydrogens (tertiary/aromatic N) is 1. The molecule has 0 amide bonds. The molecule has 0 unspecified atom stereocenters. The van der Waals surface area contributed by atoms with Crippen LogP contribution in [0.2, 0.25) is 0 Å². The lowest BCUT2D eigenvalue weighted by Crippen LogP contribution is -2.11. The third kappa shape index (κ3) is 3.21. The van der Waals surface area contributed by atoms with Gasteiger partial charge < -0.3 is 4.74 Å². The number of benzene rings is 1. The van der Waals surface area contributed by atoms with Crippen molar-refractivity contribution in [3.8, 4) is 11.6 Å². The second-order valence-electron chi connectivity index (χ2n) is 3.59. The zero-order valence-corrected chi connectivity index (χ0v) is 10.2. The number of thiazole rings is 1. The first-order chi connectivity index (χ1) is 9.18. The second-order valence-corrected chi connectivity index (χ2v) is 4.24. The standard InChI is InChI=1S/C11H4F6NOS/c12-10(13,14)6-1-2-8(7(3-6)11(15,16)17)19-9-4-20-5-18-9/h1-4H. The van der Waals surface area contributed by atoms with Gasteiger partial charge in [0.15, 0.2) is 5.51 Å². The molecule has 0 saturated heterocycles. The third-order valence-electron chi connectivity index (χ3n) is 2.20. The van der Waals surface area contributed by atoms with Crippen LogP contribution < -0.4 is 4.74 Å². The molecule has 0 aliphatic rings. The van der Waals surface area contributed by atoms with Crippen molar-refractivity contribution in [2.45, 2.75) is 12.4 Å². The summed E-state index contributed by atoms with van der Waals surface area (Å²) >= 11 is 0.957. The highest BCUT2D eigenvalue weighted by atomic mass is 32.1. The maximum absolute atomic E-state index is 12.8. The van der Waals surface area contributed by atoms with E-state index in [1.165, 1.54) is 5.38 Å². The number of aromatic nitrogens is 1. The molecule has 0 aliphatic carbocycles. The van der Waals surface area contributed by atoms with Gasteiger partial charge in [0, 0.05) is 0 Å². The van der Waals surface area contributed by atoms with Crippen molar-refractivity contribution in [1.29, 1.82) is 0 Å². The first kappa shape index (κ1) is 14.6. The predicted octanol–water partition coefficient (Wildman–Crippen LogP) is 4.77. The van der Waals surface area contributed by atoms with Crippen LogP contribution in [0, 0.1) is 5.51 Å². The van der Waals surface area contributed by atoms with Crippen molar-refractivity contribution in [1.82, 2.24) is 4.98 Å². The van der Waals surface area contributed by atoms with Gasteiger partial charge in [0.2, 0.25) is 5.88 Å². The van der Waals surface area contributed by atoms with E-state index in [-0.39, 0.29) is 11.9 Å². The van der Waals surface area contributed by atoms with Gasteiger partial charge in [0.05, 0.1) is 16.5 Å². The normalized spacial score (nSPS) is 12.5. The fourth-order valence-electron chi connectivity index (χ4n) is 1.35. The van der Waals surface area contributed by atoms with E-state index in [0.29, 0.717) is 12.1 Å². The molecular weight excluding hydrogens is 308 g/mol. The lowest BCUT2D eigenvalue weighted by molar-refractivity contribution is -0.143. The molecule has 0 aliphatic heterocycles. The van der Waals surface area contributed by atoms with Gasteiger partial charge in [-0.05, 0) is 18.2 Å².